The second-order valence-electron chi connectivity index (χ2n) is 4.88. The average Bonchev–Trinajstić information content (AvgIpc) is 2.84. The van der Waals surface area contributed by atoms with Crippen LogP contribution in [-0.4, -0.2) is 19.0 Å². The fourth-order valence-corrected chi connectivity index (χ4v) is 2.56. The highest BCUT2D eigenvalue weighted by Gasteiger charge is 2.16. The Hall–Kier alpha value is -1.06. The van der Waals surface area contributed by atoms with Gasteiger partial charge in [-0.3, -0.25) is 4.79 Å². The number of aryl methyl sites for hydroxylation is 1. The summed E-state index contributed by atoms with van der Waals surface area (Å²) < 4.78 is 0. The minimum Gasteiger partial charge on any atom is -0.325 e. The van der Waals surface area contributed by atoms with Crippen molar-refractivity contribution in [2.45, 2.75) is 26.2 Å². The highest BCUT2D eigenvalue weighted by Crippen LogP contribution is 2.25. The summed E-state index contributed by atoms with van der Waals surface area (Å²) in [6.45, 7) is 4.07. The van der Waals surface area contributed by atoms with Crippen LogP contribution in [0.2, 0.25) is 5.02 Å². The van der Waals surface area contributed by atoms with E-state index in [9.17, 15) is 4.79 Å². The maximum Gasteiger partial charge on any atom is 0.224 e. The van der Waals surface area contributed by atoms with Gasteiger partial charge in [0.25, 0.3) is 0 Å². The first-order valence-electron chi connectivity index (χ1n) is 6.42. The number of anilines is 1. The summed E-state index contributed by atoms with van der Waals surface area (Å²) in [6, 6.07) is 5.63. The topological polar surface area (TPSA) is 41.1 Å². The monoisotopic (exact) mass is 266 g/mol. The van der Waals surface area contributed by atoms with Crippen LogP contribution in [0, 0.1) is 12.8 Å². The lowest BCUT2D eigenvalue weighted by molar-refractivity contribution is -0.116. The molecule has 2 rings (SSSR count). The maximum absolute atomic E-state index is 11.9. The molecule has 1 amide bonds. The van der Waals surface area contributed by atoms with Crippen LogP contribution in [-0.2, 0) is 4.79 Å². The summed E-state index contributed by atoms with van der Waals surface area (Å²) >= 11 is 6.08. The van der Waals surface area contributed by atoms with Gasteiger partial charge in [0.15, 0.2) is 0 Å². The van der Waals surface area contributed by atoms with Gasteiger partial charge < -0.3 is 10.6 Å². The van der Waals surface area contributed by atoms with E-state index in [1.807, 2.05) is 19.1 Å². The van der Waals surface area contributed by atoms with Gasteiger partial charge in [-0.25, -0.2) is 0 Å². The third kappa shape index (κ3) is 3.47. The van der Waals surface area contributed by atoms with Crippen molar-refractivity contribution < 1.29 is 4.79 Å². The molecule has 1 fully saturated rings. The summed E-state index contributed by atoms with van der Waals surface area (Å²) in [5.41, 5.74) is 1.74. The van der Waals surface area contributed by atoms with E-state index in [0.29, 0.717) is 17.4 Å². The van der Waals surface area contributed by atoms with Crippen LogP contribution in [0.4, 0.5) is 5.69 Å². The quantitative estimate of drug-likeness (QED) is 0.880. The maximum atomic E-state index is 11.9. The molecule has 98 valence electrons. The molecule has 4 heteroatoms. The number of para-hydroxylation sites is 1. The van der Waals surface area contributed by atoms with Crippen molar-refractivity contribution in [1.29, 1.82) is 0 Å². The zero-order chi connectivity index (χ0) is 13.0. The van der Waals surface area contributed by atoms with Gasteiger partial charge in [0.2, 0.25) is 5.91 Å². The molecule has 18 heavy (non-hydrogen) atoms. The standard InChI is InChI=1S/C14H19ClN2O/c1-10-3-2-4-12(15)14(10)17-13(18)6-5-11-7-8-16-9-11/h2-4,11,16H,5-9H2,1H3,(H,17,18). The Bertz CT molecular complexity index is 408. The van der Waals surface area contributed by atoms with E-state index in [4.69, 9.17) is 11.6 Å². The van der Waals surface area contributed by atoms with Gasteiger partial charge in [0, 0.05) is 6.42 Å². The summed E-state index contributed by atoms with van der Waals surface area (Å²) in [5, 5.41) is 6.82. The highest BCUT2D eigenvalue weighted by molar-refractivity contribution is 6.33. The summed E-state index contributed by atoms with van der Waals surface area (Å²) in [6.07, 6.45) is 2.69. The molecule has 1 aliphatic heterocycles. The molecule has 0 aliphatic carbocycles. The van der Waals surface area contributed by atoms with Gasteiger partial charge in [-0.15, -0.1) is 0 Å². The Labute approximate surface area is 113 Å². The number of nitrogens with one attached hydrogen (secondary N) is 2. The van der Waals surface area contributed by atoms with E-state index in [0.717, 1.165) is 30.8 Å². The molecule has 0 aromatic heterocycles. The van der Waals surface area contributed by atoms with Crippen molar-refractivity contribution in [2.75, 3.05) is 18.4 Å². The smallest absolute Gasteiger partial charge is 0.224 e. The number of rotatable bonds is 4. The van der Waals surface area contributed by atoms with Crippen molar-refractivity contribution in [2.24, 2.45) is 5.92 Å². The fourth-order valence-electron chi connectivity index (χ4n) is 2.29. The molecule has 1 saturated heterocycles. The molecular weight excluding hydrogens is 248 g/mol. The first kappa shape index (κ1) is 13.4. The molecule has 2 N–H and O–H groups in total. The number of carbonyl (C=O) groups is 1. The first-order chi connectivity index (χ1) is 8.66. The van der Waals surface area contributed by atoms with Crippen LogP contribution < -0.4 is 10.6 Å². The normalized spacial score (nSPS) is 18.9. The average molecular weight is 267 g/mol. The Balaban J connectivity index is 1.86. The Morgan fingerprint density at radius 3 is 3.06 bits per heavy atom. The predicted octanol–water partition coefficient (Wildman–Crippen LogP) is 2.98. The van der Waals surface area contributed by atoms with E-state index in [-0.39, 0.29) is 5.91 Å². The zero-order valence-electron chi connectivity index (χ0n) is 10.6. The molecule has 1 aliphatic rings. The van der Waals surface area contributed by atoms with Crippen LogP contribution in [0.15, 0.2) is 18.2 Å². The minimum atomic E-state index is 0.0538. The molecule has 1 aromatic carbocycles. The largest absolute Gasteiger partial charge is 0.325 e. The van der Waals surface area contributed by atoms with Crippen molar-refractivity contribution in [3.63, 3.8) is 0 Å². The lowest BCUT2D eigenvalue weighted by Gasteiger charge is -2.11. The Morgan fingerprint density at radius 2 is 2.39 bits per heavy atom. The second kappa shape index (κ2) is 6.21. The number of halogens is 1. The van der Waals surface area contributed by atoms with Crippen molar-refractivity contribution in [3.05, 3.63) is 28.8 Å². The van der Waals surface area contributed by atoms with Crippen LogP contribution in [0.1, 0.15) is 24.8 Å². The van der Waals surface area contributed by atoms with E-state index in [2.05, 4.69) is 10.6 Å². The third-order valence-electron chi connectivity index (χ3n) is 3.43. The van der Waals surface area contributed by atoms with Gasteiger partial charge in [-0.05, 0) is 50.4 Å². The Kier molecular flexibility index (Phi) is 4.61. The van der Waals surface area contributed by atoms with Crippen LogP contribution >= 0.6 is 11.6 Å². The number of hydrogen-bond donors (Lipinski definition) is 2. The summed E-state index contributed by atoms with van der Waals surface area (Å²) in [7, 11) is 0. The van der Waals surface area contributed by atoms with Crippen LogP contribution in [0.3, 0.4) is 0 Å². The van der Waals surface area contributed by atoms with Gasteiger partial charge in [0.1, 0.15) is 0 Å². The van der Waals surface area contributed by atoms with Gasteiger partial charge in [-0.1, -0.05) is 23.7 Å². The minimum absolute atomic E-state index is 0.0538. The number of benzene rings is 1. The second-order valence-corrected chi connectivity index (χ2v) is 5.28. The van der Waals surface area contributed by atoms with Crippen molar-refractivity contribution >= 4 is 23.2 Å². The van der Waals surface area contributed by atoms with Crippen molar-refractivity contribution in [3.8, 4) is 0 Å². The lowest BCUT2D eigenvalue weighted by Crippen LogP contribution is -2.15. The van der Waals surface area contributed by atoms with Gasteiger partial charge in [0.05, 0.1) is 10.7 Å². The van der Waals surface area contributed by atoms with E-state index in [1.54, 1.807) is 6.07 Å². The SMILES string of the molecule is Cc1cccc(Cl)c1NC(=O)CCC1CCNC1. The molecule has 1 unspecified atom stereocenters. The zero-order valence-corrected chi connectivity index (χ0v) is 11.4. The molecule has 1 aromatic rings. The fraction of sp³-hybridized carbons (Fsp3) is 0.500. The molecule has 0 spiro atoms. The van der Waals surface area contributed by atoms with E-state index < -0.39 is 0 Å². The molecule has 0 bridgehead atoms. The van der Waals surface area contributed by atoms with E-state index in [1.165, 1.54) is 6.42 Å². The number of amides is 1. The third-order valence-corrected chi connectivity index (χ3v) is 3.74. The molecule has 1 atom stereocenters. The van der Waals surface area contributed by atoms with Crippen LogP contribution in [0.25, 0.3) is 0 Å². The molecule has 1 heterocycles. The number of hydrogen-bond acceptors (Lipinski definition) is 2. The van der Waals surface area contributed by atoms with Gasteiger partial charge >= 0.3 is 0 Å². The predicted molar refractivity (Wildman–Crippen MR) is 75.0 cm³/mol. The summed E-state index contributed by atoms with van der Waals surface area (Å²) in [5.74, 6) is 0.696. The van der Waals surface area contributed by atoms with Crippen LogP contribution in [0.5, 0.6) is 0 Å². The molecule has 0 saturated carbocycles. The molecular formula is C14H19ClN2O. The number of carbonyl (C=O) groups excluding carboxylic acids is 1. The first-order valence-corrected chi connectivity index (χ1v) is 6.80. The summed E-state index contributed by atoms with van der Waals surface area (Å²) in [4.78, 5) is 11.9. The highest BCUT2D eigenvalue weighted by atomic mass is 35.5. The van der Waals surface area contributed by atoms with Gasteiger partial charge in [-0.2, -0.15) is 0 Å². The lowest BCUT2D eigenvalue weighted by atomic mass is 10.0. The molecule has 3 nitrogen and oxygen atoms in total. The Morgan fingerprint density at radius 1 is 1.56 bits per heavy atom. The molecule has 0 radical (unpaired) electrons. The van der Waals surface area contributed by atoms with Crippen molar-refractivity contribution in [1.82, 2.24) is 5.32 Å². The van der Waals surface area contributed by atoms with E-state index >= 15 is 0 Å².